The number of aromatic nitrogens is 1. The lowest BCUT2D eigenvalue weighted by Gasteiger charge is -2.20. The first-order chi connectivity index (χ1) is 12.1. The monoisotopic (exact) mass is 351 g/mol. The van der Waals surface area contributed by atoms with Gasteiger partial charge in [0.25, 0.3) is 5.91 Å². The number of anilines is 1. The molecule has 6 heteroatoms. The Morgan fingerprint density at radius 2 is 2.00 bits per heavy atom. The number of thiazole rings is 1. The Kier molecular flexibility index (Phi) is 5.08. The van der Waals surface area contributed by atoms with Crippen LogP contribution >= 0.6 is 11.3 Å². The average Bonchev–Trinajstić information content (AvgIpc) is 3.03. The third kappa shape index (κ3) is 4.02. The first-order valence-electron chi connectivity index (χ1n) is 8.04. The van der Waals surface area contributed by atoms with E-state index in [9.17, 15) is 4.79 Å². The SMILES string of the molecule is C[C@@H](C(=O)Nc1ccc(C#N)cc1)[NH+](C)Cc1nc2ccccc2s1. The number of nitriles is 1. The zero-order valence-electron chi connectivity index (χ0n) is 14.1. The summed E-state index contributed by atoms with van der Waals surface area (Å²) < 4.78 is 1.17. The highest BCUT2D eigenvalue weighted by Gasteiger charge is 2.23. The third-order valence-electron chi connectivity index (χ3n) is 4.18. The standard InChI is InChI=1S/C19H18N4OS/c1-13(19(24)21-15-9-7-14(11-20)8-10-15)23(2)12-18-22-16-5-3-4-6-17(16)25-18/h3-10,13H,12H2,1-2H3,(H,21,24)/p+1/t13-/m0/s1. The van der Waals surface area contributed by atoms with Gasteiger partial charge in [0.05, 0.1) is 28.9 Å². The lowest BCUT2D eigenvalue weighted by atomic mass is 10.2. The summed E-state index contributed by atoms with van der Waals surface area (Å²) in [5.74, 6) is -0.0525. The number of nitrogens with one attached hydrogen (secondary N) is 2. The van der Waals surface area contributed by atoms with Gasteiger partial charge in [-0.2, -0.15) is 5.26 Å². The molecule has 0 saturated carbocycles. The van der Waals surface area contributed by atoms with Gasteiger partial charge in [-0.25, -0.2) is 4.98 Å². The number of likely N-dealkylation sites (N-methyl/N-ethyl adjacent to an activating group) is 1. The van der Waals surface area contributed by atoms with Crippen molar-refractivity contribution in [3.8, 4) is 6.07 Å². The predicted octanol–water partition coefficient (Wildman–Crippen LogP) is 2.21. The molecule has 0 aliphatic rings. The maximum absolute atomic E-state index is 12.5. The molecule has 0 fully saturated rings. The minimum Gasteiger partial charge on any atom is -0.322 e. The van der Waals surface area contributed by atoms with Gasteiger partial charge in [-0.05, 0) is 43.3 Å². The van der Waals surface area contributed by atoms with E-state index in [0.29, 0.717) is 17.8 Å². The van der Waals surface area contributed by atoms with E-state index in [4.69, 9.17) is 5.26 Å². The van der Waals surface area contributed by atoms with Gasteiger partial charge in [0.15, 0.2) is 6.04 Å². The summed E-state index contributed by atoms with van der Waals surface area (Å²) in [4.78, 5) is 18.2. The highest BCUT2D eigenvalue weighted by molar-refractivity contribution is 7.18. The second-order valence-electron chi connectivity index (χ2n) is 6.00. The van der Waals surface area contributed by atoms with Crippen LogP contribution in [0.15, 0.2) is 48.5 Å². The fourth-order valence-electron chi connectivity index (χ4n) is 2.49. The number of amides is 1. The molecule has 0 aliphatic heterocycles. The number of hydrogen-bond donors (Lipinski definition) is 2. The van der Waals surface area contributed by atoms with Gasteiger partial charge < -0.3 is 10.2 Å². The van der Waals surface area contributed by atoms with Crippen molar-refractivity contribution in [1.29, 1.82) is 5.26 Å². The van der Waals surface area contributed by atoms with Crippen LogP contribution in [0.3, 0.4) is 0 Å². The molecule has 3 aromatic rings. The molecule has 1 amide bonds. The second kappa shape index (κ2) is 7.43. The van der Waals surface area contributed by atoms with Crippen LogP contribution in [-0.2, 0) is 11.3 Å². The molecule has 1 unspecified atom stereocenters. The zero-order valence-corrected chi connectivity index (χ0v) is 14.9. The second-order valence-corrected chi connectivity index (χ2v) is 7.11. The highest BCUT2D eigenvalue weighted by atomic mass is 32.1. The van der Waals surface area contributed by atoms with Gasteiger partial charge in [0.1, 0.15) is 11.6 Å². The number of quaternary nitrogens is 1. The van der Waals surface area contributed by atoms with Crippen LogP contribution in [0.25, 0.3) is 10.2 Å². The summed E-state index contributed by atoms with van der Waals surface area (Å²) in [5, 5.41) is 12.7. The predicted molar refractivity (Wildman–Crippen MR) is 99.5 cm³/mol. The first-order valence-corrected chi connectivity index (χ1v) is 8.86. The summed E-state index contributed by atoms with van der Waals surface area (Å²) in [6, 6.07) is 16.8. The number of nitrogens with zero attached hydrogens (tertiary/aromatic N) is 2. The molecule has 5 nitrogen and oxygen atoms in total. The largest absolute Gasteiger partial charge is 0.322 e. The van der Waals surface area contributed by atoms with Crippen molar-refractivity contribution < 1.29 is 9.69 Å². The summed E-state index contributed by atoms with van der Waals surface area (Å²) >= 11 is 1.67. The number of carbonyl (C=O) groups is 1. The highest BCUT2D eigenvalue weighted by Crippen LogP contribution is 2.20. The van der Waals surface area contributed by atoms with Crippen molar-refractivity contribution in [3.63, 3.8) is 0 Å². The number of carbonyl (C=O) groups excluding carboxylic acids is 1. The normalized spacial score (nSPS) is 13.2. The van der Waals surface area contributed by atoms with Gasteiger partial charge in [-0.15, -0.1) is 11.3 Å². The number of rotatable bonds is 5. The maximum atomic E-state index is 12.5. The van der Waals surface area contributed by atoms with Crippen molar-refractivity contribution in [2.24, 2.45) is 0 Å². The van der Waals surface area contributed by atoms with Crippen LogP contribution in [0.2, 0.25) is 0 Å². The molecule has 1 heterocycles. The van der Waals surface area contributed by atoms with Crippen molar-refractivity contribution >= 4 is 33.1 Å². The van der Waals surface area contributed by atoms with Gasteiger partial charge in [0, 0.05) is 5.69 Å². The Labute approximate surface area is 150 Å². The van der Waals surface area contributed by atoms with E-state index in [1.54, 1.807) is 35.6 Å². The Balaban J connectivity index is 1.63. The number of para-hydroxylation sites is 1. The lowest BCUT2D eigenvalue weighted by Crippen LogP contribution is -3.12. The number of hydrogen-bond acceptors (Lipinski definition) is 4. The van der Waals surface area contributed by atoms with Crippen molar-refractivity contribution in [1.82, 2.24) is 4.98 Å². The summed E-state index contributed by atoms with van der Waals surface area (Å²) in [6.45, 7) is 2.60. The fourth-order valence-corrected chi connectivity index (χ4v) is 3.55. The van der Waals surface area contributed by atoms with E-state index >= 15 is 0 Å². The molecule has 2 atom stereocenters. The Morgan fingerprint density at radius 1 is 1.28 bits per heavy atom. The van der Waals surface area contributed by atoms with Crippen LogP contribution in [0.1, 0.15) is 17.5 Å². The molecule has 0 radical (unpaired) electrons. The lowest BCUT2D eigenvalue weighted by molar-refractivity contribution is -0.907. The minimum atomic E-state index is -0.220. The third-order valence-corrected chi connectivity index (χ3v) is 5.22. The smallest absolute Gasteiger partial charge is 0.282 e. The molecule has 1 aromatic heterocycles. The van der Waals surface area contributed by atoms with Gasteiger partial charge >= 0.3 is 0 Å². The fraction of sp³-hybridized carbons (Fsp3) is 0.211. The van der Waals surface area contributed by atoms with E-state index in [-0.39, 0.29) is 11.9 Å². The Morgan fingerprint density at radius 3 is 2.68 bits per heavy atom. The molecular weight excluding hydrogens is 332 g/mol. The van der Waals surface area contributed by atoms with E-state index in [1.807, 2.05) is 32.2 Å². The van der Waals surface area contributed by atoms with E-state index in [1.165, 1.54) is 4.70 Å². The van der Waals surface area contributed by atoms with Crippen LogP contribution < -0.4 is 10.2 Å². The van der Waals surface area contributed by atoms with Gasteiger partial charge in [-0.1, -0.05) is 12.1 Å². The summed E-state index contributed by atoms with van der Waals surface area (Å²) in [5.41, 5.74) is 2.28. The topological polar surface area (TPSA) is 70.2 Å². The van der Waals surface area contributed by atoms with Crippen molar-refractivity contribution in [2.45, 2.75) is 19.5 Å². The zero-order chi connectivity index (χ0) is 17.8. The van der Waals surface area contributed by atoms with Crippen LogP contribution in [-0.4, -0.2) is 24.0 Å². The first kappa shape index (κ1) is 17.1. The molecule has 0 bridgehead atoms. The van der Waals surface area contributed by atoms with E-state index in [0.717, 1.165) is 15.4 Å². The maximum Gasteiger partial charge on any atom is 0.282 e. The Bertz CT molecular complexity index is 893. The van der Waals surface area contributed by atoms with Crippen molar-refractivity contribution in [2.75, 3.05) is 12.4 Å². The Hall–Kier alpha value is -2.75. The molecule has 2 aromatic carbocycles. The van der Waals surface area contributed by atoms with Crippen LogP contribution in [0.5, 0.6) is 0 Å². The molecule has 0 spiro atoms. The van der Waals surface area contributed by atoms with Gasteiger partial charge in [-0.3, -0.25) is 4.79 Å². The van der Waals surface area contributed by atoms with Crippen LogP contribution in [0.4, 0.5) is 5.69 Å². The minimum absolute atomic E-state index is 0.0525. The molecule has 0 saturated heterocycles. The number of benzene rings is 2. The van der Waals surface area contributed by atoms with Crippen molar-refractivity contribution in [3.05, 3.63) is 59.1 Å². The molecular formula is C19H19N4OS+. The van der Waals surface area contributed by atoms with Gasteiger partial charge in [0.2, 0.25) is 0 Å². The molecule has 0 aliphatic carbocycles. The average molecular weight is 351 g/mol. The molecule has 25 heavy (non-hydrogen) atoms. The quantitative estimate of drug-likeness (QED) is 0.740. The molecule has 126 valence electrons. The molecule has 3 rings (SSSR count). The van der Waals surface area contributed by atoms with Crippen LogP contribution in [0, 0.1) is 11.3 Å². The van der Waals surface area contributed by atoms with E-state index < -0.39 is 0 Å². The summed E-state index contributed by atoms with van der Waals surface area (Å²) in [7, 11) is 2.00. The molecule has 2 N–H and O–H groups in total. The summed E-state index contributed by atoms with van der Waals surface area (Å²) in [6.07, 6.45) is 0. The van der Waals surface area contributed by atoms with E-state index in [2.05, 4.69) is 22.4 Å². The number of fused-ring (bicyclic) bond motifs is 1.